The number of nitrogens with one attached hydrogen (secondary N) is 2. The number of nitrogens with zero attached hydrogens (tertiary/aromatic N) is 1. The van der Waals surface area contributed by atoms with Crippen LogP contribution in [0.1, 0.15) is 39.5 Å². The average Bonchev–Trinajstić information content (AvgIpc) is 2.45. The molecule has 0 aromatic carbocycles. The van der Waals surface area contributed by atoms with Gasteiger partial charge in [-0.05, 0) is 12.8 Å². The topological polar surface area (TPSA) is 56.2 Å². The summed E-state index contributed by atoms with van der Waals surface area (Å²) < 4.78 is 0. The van der Waals surface area contributed by atoms with Gasteiger partial charge in [-0.2, -0.15) is 0 Å². The summed E-state index contributed by atoms with van der Waals surface area (Å²) in [6.45, 7) is 8.35. The number of hydrogen-bond donors (Lipinski definition) is 2. The second-order valence-electron chi connectivity index (χ2n) is 4.24. The highest BCUT2D eigenvalue weighted by Crippen LogP contribution is 2.31. The minimum atomic E-state index is -0.422. The van der Waals surface area contributed by atoms with Crippen molar-refractivity contribution in [1.82, 2.24) is 10.2 Å². The number of amides is 2. The van der Waals surface area contributed by atoms with Gasteiger partial charge in [-0.3, -0.25) is 10.7 Å². The highest BCUT2D eigenvalue weighted by Gasteiger charge is 2.47. The van der Waals surface area contributed by atoms with Crippen LogP contribution in [0.25, 0.3) is 0 Å². The van der Waals surface area contributed by atoms with E-state index >= 15 is 0 Å². The van der Waals surface area contributed by atoms with Gasteiger partial charge in [0, 0.05) is 6.54 Å². The molecule has 1 heterocycles. The fourth-order valence-corrected chi connectivity index (χ4v) is 2.48. The van der Waals surface area contributed by atoms with Crippen LogP contribution in [0.4, 0.5) is 4.79 Å². The van der Waals surface area contributed by atoms with Gasteiger partial charge in [0.05, 0.1) is 0 Å². The van der Waals surface area contributed by atoms with Crippen molar-refractivity contribution in [2.24, 2.45) is 0 Å². The minimum absolute atomic E-state index is 0.160. The molecule has 1 fully saturated rings. The summed E-state index contributed by atoms with van der Waals surface area (Å²) in [7, 11) is 0. The van der Waals surface area contributed by atoms with E-state index in [1.807, 2.05) is 0 Å². The summed E-state index contributed by atoms with van der Waals surface area (Å²) in [6, 6.07) is -0.160. The first-order valence-electron chi connectivity index (χ1n) is 5.91. The molecule has 0 saturated carbocycles. The first-order chi connectivity index (χ1) is 7.62. The number of urea groups is 1. The van der Waals surface area contributed by atoms with Crippen LogP contribution < -0.4 is 5.32 Å². The Balaban J connectivity index is 3.03. The molecule has 1 saturated heterocycles. The smallest absolute Gasteiger partial charge is 0.308 e. The van der Waals surface area contributed by atoms with Gasteiger partial charge in [0.1, 0.15) is 11.4 Å². The van der Waals surface area contributed by atoms with Crippen molar-refractivity contribution >= 4 is 11.9 Å². The summed E-state index contributed by atoms with van der Waals surface area (Å²) in [5.74, 6) is 0.350. The largest absolute Gasteiger partial charge is 0.323 e. The van der Waals surface area contributed by atoms with Gasteiger partial charge in [0.25, 0.3) is 0 Å². The molecule has 0 aromatic rings. The van der Waals surface area contributed by atoms with Crippen LogP contribution >= 0.6 is 0 Å². The van der Waals surface area contributed by atoms with Gasteiger partial charge in [0.2, 0.25) is 0 Å². The van der Waals surface area contributed by atoms with E-state index in [-0.39, 0.29) is 6.03 Å². The van der Waals surface area contributed by atoms with Crippen LogP contribution in [0.5, 0.6) is 0 Å². The Bertz CT molecular complexity index is 293. The lowest BCUT2D eigenvalue weighted by Crippen LogP contribution is -2.49. The van der Waals surface area contributed by atoms with E-state index in [0.29, 0.717) is 12.4 Å². The summed E-state index contributed by atoms with van der Waals surface area (Å²) in [5.41, 5.74) is -0.422. The predicted octanol–water partition coefficient (Wildman–Crippen LogP) is 2.51. The van der Waals surface area contributed by atoms with Gasteiger partial charge in [-0.1, -0.05) is 32.8 Å². The maximum atomic E-state index is 11.8. The molecule has 0 spiro atoms. The lowest BCUT2D eigenvalue weighted by atomic mass is 9.87. The molecule has 1 aliphatic rings. The van der Waals surface area contributed by atoms with Crippen LogP contribution in [0.3, 0.4) is 0 Å². The van der Waals surface area contributed by atoms with Crippen LogP contribution in [-0.4, -0.2) is 28.9 Å². The van der Waals surface area contributed by atoms with E-state index in [2.05, 4.69) is 25.7 Å². The number of carbonyl (C=O) groups is 1. The summed E-state index contributed by atoms with van der Waals surface area (Å²) >= 11 is 0. The SMILES string of the molecule is C=CCN1C(=O)NC(=N)C1(CCC)CCC. The van der Waals surface area contributed by atoms with Gasteiger partial charge < -0.3 is 4.90 Å². The number of hydrogen-bond acceptors (Lipinski definition) is 2. The maximum absolute atomic E-state index is 11.8. The molecule has 1 aliphatic heterocycles. The van der Waals surface area contributed by atoms with Crippen LogP contribution in [0.15, 0.2) is 12.7 Å². The second-order valence-corrected chi connectivity index (χ2v) is 4.24. The number of amidine groups is 1. The molecular weight excluding hydrogens is 202 g/mol. The van der Waals surface area contributed by atoms with Crippen molar-refractivity contribution in [3.63, 3.8) is 0 Å². The van der Waals surface area contributed by atoms with Gasteiger partial charge >= 0.3 is 6.03 Å². The monoisotopic (exact) mass is 223 g/mol. The lowest BCUT2D eigenvalue weighted by molar-refractivity contribution is 0.170. The van der Waals surface area contributed by atoms with E-state index in [1.54, 1.807) is 11.0 Å². The number of rotatable bonds is 6. The van der Waals surface area contributed by atoms with Gasteiger partial charge in [-0.25, -0.2) is 4.79 Å². The molecule has 2 N–H and O–H groups in total. The molecule has 0 aliphatic carbocycles. The van der Waals surface area contributed by atoms with Crippen LogP contribution in [-0.2, 0) is 0 Å². The molecule has 4 heteroatoms. The number of carbonyl (C=O) groups excluding carboxylic acids is 1. The minimum Gasteiger partial charge on any atom is -0.308 e. The zero-order chi connectivity index (χ0) is 12.2. The van der Waals surface area contributed by atoms with Gasteiger partial charge in [-0.15, -0.1) is 6.58 Å². The average molecular weight is 223 g/mol. The second kappa shape index (κ2) is 5.14. The third-order valence-corrected chi connectivity index (χ3v) is 3.10. The molecule has 0 atom stereocenters. The molecule has 16 heavy (non-hydrogen) atoms. The van der Waals surface area contributed by atoms with E-state index in [4.69, 9.17) is 5.41 Å². The van der Waals surface area contributed by atoms with E-state index in [9.17, 15) is 4.79 Å². The molecule has 0 aromatic heterocycles. The fourth-order valence-electron chi connectivity index (χ4n) is 2.48. The Morgan fingerprint density at radius 3 is 2.44 bits per heavy atom. The molecule has 1 rings (SSSR count). The Morgan fingerprint density at radius 2 is 2.00 bits per heavy atom. The first-order valence-corrected chi connectivity index (χ1v) is 5.91. The standard InChI is InChI=1S/C12H21N3O/c1-4-7-12(8-5-2)10(13)14-11(16)15(12)9-6-3/h6H,3-5,7-9H2,1-2H3,(H2,13,14,16). The van der Waals surface area contributed by atoms with Crippen molar-refractivity contribution < 1.29 is 4.79 Å². The third kappa shape index (κ3) is 1.96. The highest BCUT2D eigenvalue weighted by molar-refractivity contribution is 6.08. The maximum Gasteiger partial charge on any atom is 0.323 e. The molecule has 0 radical (unpaired) electrons. The van der Waals surface area contributed by atoms with E-state index in [0.717, 1.165) is 25.7 Å². The molecule has 90 valence electrons. The summed E-state index contributed by atoms with van der Waals surface area (Å²) in [5, 5.41) is 10.6. The van der Waals surface area contributed by atoms with Crippen molar-refractivity contribution in [2.45, 2.75) is 45.1 Å². The molecule has 0 bridgehead atoms. The molecule has 0 unspecified atom stereocenters. The Morgan fingerprint density at radius 1 is 1.44 bits per heavy atom. The lowest BCUT2D eigenvalue weighted by Gasteiger charge is -2.36. The summed E-state index contributed by atoms with van der Waals surface area (Å²) in [4.78, 5) is 13.5. The van der Waals surface area contributed by atoms with E-state index in [1.165, 1.54) is 0 Å². The van der Waals surface area contributed by atoms with Crippen molar-refractivity contribution in [1.29, 1.82) is 5.41 Å². The normalized spacial score (nSPS) is 18.8. The van der Waals surface area contributed by atoms with Crippen LogP contribution in [0, 0.1) is 5.41 Å². The fraction of sp³-hybridized carbons (Fsp3) is 0.667. The van der Waals surface area contributed by atoms with Crippen molar-refractivity contribution in [3.8, 4) is 0 Å². The first kappa shape index (κ1) is 12.7. The van der Waals surface area contributed by atoms with Crippen LogP contribution in [0.2, 0.25) is 0 Å². The molecular formula is C12H21N3O. The highest BCUT2D eigenvalue weighted by atomic mass is 16.2. The Hall–Kier alpha value is -1.32. The van der Waals surface area contributed by atoms with Crippen molar-refractivity contribution in [3.05, 3.63) is 12.7 Å². The van der Waals surface area contributed by atoms with Gasteiger partial charge in [0.15, 0.2) is 0 Å². The van der Waals surface area contributed by atoms with E-state index < -0.39 is 5.54 Å². The predicted molar refractivity (Wildman–Crippen MR) is 65.7 cm³/mol. The Labute approximate surface area is 97.2 Å². The third-order valence-electron chi connectivity index (χ3n) is 3.10. The Kier molecular flexibility index (Phi) is 4.10. The quantitative estimate of drug-likeness (QED) is 0.668. The zero-order valence-corrected chi connectivity index (χ0v) is 10.2. The van der Waals surface area contributed by atoms with Crippen molar-refractivity contribution in [2.75, 3.05) is 6.54 Å². The zero-order valence-electron chi connectivity index (χ0n) is 10.2. The summed E-state index contributed by atoms with van der Waals surface area (Å²) in [6.07, 6.45) is 5.33. The molecule has 2 amide bonds. The molecule has 4 nitrogen and oxygen atoms in total.